The molecule has 1 saturated heterocycles. The van der Waals surface area contributed by atoms with Gasteiger partial charge < -0.3 is 25.0 Å². The van der Waals surface area contributed by atoms with Crippen molar-refractivity contribution in [3.8, 4) is 17.0 Å². The van der Waals surface area contributed by atoms with E-state index >= 15 is 4.39 Å². The fourth-order valence-electron chi connectivity index (χ4n) is 5.25. The van der Waals surface area contributed by atoms with Crippen LogP contribution in [0.25, 0.3) is 22.2 Å². The zero-order valence-electron chi connectivity index (χ0n) is 22.9. The Labute approximate surface area is 251 Å². The van der Waals surface area contributed by atoms with Gasteiger partial charge in [0.2, 0.25) is 0 Å². The third-order valence-corrected chi connectivity index (χ3v) is 8.18. The number of rotatable bonds is 9. The molecule has 0 bridgehead atoms. The van der Waals surface area contributed by atoms with E-state index in [0.717, 1.165) is 18.3 Å². The standard InChI is InChI=1S/C29H24ClF5N4O5/c1-43-21-5-13(4-14-9-39(27(34)35)38-24(14)21)26(40)36-10-29(42,15-2-3-15)22-7-17(28(41)11-44-12-28)23(33)25(37-22)16-6-18(30)20(32)8-19(16)31/h4-9,15,27,41-42H,2-3,10-12H2,1H3,(H,36,40)/t29-/m1/s1. The Morgan fingerprint density at radius 2 is 1.93 bits per heavy atom. The van der Waals surface area contributed by atoms with Crippen molar-refractivity contribution in [1.29, 1.82) is 0 Å². The number of methoxy groups -OCH3 is 1. The highest BCUT2D eigenvalue weighted by Gasteiger charge is 2.49. The summed E-state index contributed by atoms with van der Waals surface area (Å²) in [6, 6.07) is 5.09. The van der Waals surface area contributed by atoms with Gasteiger partial charge in [0.15, 0.2) is 5.82 Å². The number of hydrogen-bond donors (Lipinski definition) is 3. The van der Waals surface area contributed by atoms with Crippen LogP contribution in [0.2, 0.25) is 5.02 Å². The molecule has 2 fully saturated rings. The quantitative estimate of drug-likeness (QED) is 0.178. The Kier molecular flexibility index (Phi) is 7.51. The van der Waals surface area contributed by atoms with E-state index in [1.54, 1.807) is 0 Å². The Hall–Kier alpha value is -3.85. The van der Waals surface area contributed by atoms with Crippen LogP contribution in [0.5, 0.6) is 5.75 Å². The van der Waals surface area contributed by atoms with Crippen molar-refractivity contribution >= 4 is 28.4 Å². The van der Waals surface area contributed by atoms with Crippen LogP contribution in [-0.2, 0) is 15.9 Å². The minimum atomic E-state index is -2.92. The lowest BCUT2D eigenvalue weighted by Crippen LogP contribution is -2.48. The highest BCUT2D eigenvalue weighted by molar-refractivity contribution is 6.31. The molecule has 0 radical (unpaired) electrons. The number of halogens is 6. The summed E-state index contributed by atoms with van der Waals surface area (Å²) in [5.74, 6) is -4.48. The number of hydrogen-bond acceptors (Lipinski definition) is 7. The molecule has 1 amide bonds. The molecule has 44 heavy (non-hydrogen) atoms. The Balaban J connectivity index is 1.39. The van der Waals surface area contributed by atoms with E-state index < -0.39 is 69.9 Å². The highest BCUT2D eigenvalue weighted by atomic mass is 35.5. The Bertz CT molecular complexity index is 1800. The van der Waals surface area contributed by atoms with Crippen LogP contribution in [-0.4, -0.2) is 57.8 Å². The van der Waals surface area contributed by atoms with Crippen LogP contribution in [0.15, 0.2) is 36.5 Å². The van der Waals surface area contributed by atoms with Gasteiger partial charge in [-0.1, -0.05) is 11.6 Å². The fraction of sp³-hybridized carbons (Fsp3) is 0.345. The smallest absolute Gasteiger partial charge is 0.333 e. The monoisotopic (exact) mass is 638 g/mol. The average Bonchev–Trinajstić information content (AvgIpc) is 3.75. The number of nitrogens with one attached hydrogen (secondary N) is 1. The number of fused-ring (bicyclic) bond motifs is 1. The summed E-state index contributed by atoms with van der Waals surface area (Å²) in [5, 5.41) is 29.0. The molecule has 2 aromatic heterocycles. The van der Waals surface area contributed by atoms with E-state index in [9.17, 15) is 32.6 Å². The molecule has 0 spiro atoms. The van der Waals surface area contributed by atoms with E-state index in [1.165, 1.54) is 19.2 Å². The number of pyridine rings is 1. The number of aliphatic hydroxyl groups is 2. The number of aromatic nitrogens is 3. The van der Waals surface area contributed by atoms with Gasteiger partial charge in [-0.2, -0.15) is 13.9 Å². The summed E-state index contributed by atoms with van der Waals surface area (Å²) in [5.41, 5.74) is -5.28. The Morgan fingerprint density at radius 3 is 2.55 bits per heavy atom. The van der Waals surface area contributed by atoms with Gasteiger partial charge in [-0.25, -0.2) is 22.8 Å². The van der Waals surface area contributed by atoms with Crippen molar-refractivity contribution in [2.24, 2.45) is 5.92 Å². The summed E-state index contributed by atoms with van der Waals surface area (Å²) in [6.45, 7) is -3.94. The van der Waals surface area contributed by atoms with E-state index in [2.05, 4.69) is 15.4 Å². The molecule has 6 rings (SSSR count). The lowest BCUT2D eigenvalue weighted by Gasteiger charge is -2.38. The number of nitrogens with zero attached hydrogens (tertiary/aromatic N) is 3. The van der Waals surface area contributed by atoms with Crippen molar-refractivity contribution in [3.63, 3.8) is 0 Å². The van der Waals surface area contributed by atoms with Crippen LogP contribution < -0.4 is 10.1 Å². The van der Waals surface area contributed by atoms with Gasteiger partial charge in [0.1, 0.15) is 39.8 Å². The molecule has 0 unspecified atom stereocenters. The number of benzene rings is 2. The molecule has 1 aliphatic carbocycles. The maximum Gasteiger partial charge on any atom is 0.333 e. The zero-order chi connectivity index (χ0) is 31.6. The predicted octanol–water partition coefficient (Wildman–Crippen LogP) is 4.82. The minimum Gasteiger partial charge on any atom is -0.494 e. The normalized spacial score (nSPS) is 17.4. The molecule has 1 saturated carbocycles. The molecule has 1 aliphatic heterocycles. The van der Waals surface area contributed by atoms with E-state index in [-0.39, 0.29) is 46.7 Å². The van der Waals surface area contributed by atoms with Crippen LogP contribution >= 0.6 is 11.6 Å². The SMILES string of the molecule is COc1cc(C(=O)NC[C@](O)(c2cc(C3(O)COC3)c(F)c(-c3cc(Cl)c(F)cc3F)n2)C2CC2)cc2cn(C(F)F)nc12. The summed E-state index contributed by atoms with van der Waals surface area (Å²) < 4.78 is 81.8. The van der Waals surface area contributed by atoms with Crippen molar-refractivity contribution < 1.29 is 46.4 Å². The van der Waals surface area contributed by atoms with Crippen molar-refractivity contribution in [3.05, 3.63) is 75.8 Å². The summed E-state index contributed by atoms with van der Waals surface area (Å²) in [4.78, 5) is 17.5. The second-order valence-corrected chi connectivity index (χ2v) is 11.3. The molecular weight excluding hydrogens is 615 g/mol. The average molecular weight is 639 g/mol. The van der Waals surface area contributed by atoms with Gasteiger partial charge in [0.25, 0.3) is 5.91 Å². The topological polar surface area (TPSA) is 119 Å². The number of ether oxygens (including phenoxy) is 2. The maximum absolute atomic E-state index is 15.9. The number of carbonyl (C=O) groups excluding carboxylic acids is 1. The molecule has 9 nitrogen and oxygen atoms in total. The first-order valence-corrected chi connectivity index (χ1v) is 13.7. The van der Waals surface area contributed by atoms with Gasteiger partial charge >= 0.3 is 6.55 Å². The maximum atomic E-state index is 15.9. The van der Waals surface area contributed by atoms with Crippen molar-refractivity contribution in [1.82, 2.24) is 20.1 Å². The first-order chi connectivity index (χ1) is 20.8. The molecule has 4 aromatic rings. The second kappa shape index (κ2) is 10.9. The van der Waals surface area contributed by atoms with E-state index in [1.807, 2.05) is 0 Å². The van der Waals surface area contributed by atoms with Gasteiger partial charge in [0, 0.05) is 34.3 Å². The van der Waals surface area contributed by atoms with Gasteiger partial charge in [-0.05, 0) is 43.0 Å². The van der Waals surface area contributed by atoms with Gasteiger partial charge in [-0.3, -0.25) is 4.79 Å². The van der Waals surface area contributed by atoms with Gasteiger partial charge in [-0.15, -0.1) is 0 Å². The first kappa shape index (κ1) is 30.2. The van der Waals surface area contributed by atoms with Crippen molar-refractivity contribution in [2.45, 2.75) is 30.6 Å². The van der Waals surface area contributed by atoms with Crippen LogP contribution in [0, 0.1) is 23.4 Å². The molecule has 232 valence electrons. The zero-order valence-corrected chi connectivity index (χ0v) is 23.6. The highest BCUT2D eigenvalue weighted by Crippen LogP contribution is 2.47. The molecule has 1 atom stereocenters. The Morgan fingerprint density at radius 1 is 1.20 bits per heavy atom. The molecule has 3 heterocycles. The van der Waals surface area contributed by atoms with E-state index in [4.69, 9.17) is 21.1 Å². The minimum absolute atomic E-state index is 0.0127. The van der Waals surface area contributed by atoms with Crippen molar-refractivity contribution in [2.75, 3.05) is 26.9 Å². The first-order valence-electron chi connectivity index (χ1n) is 13.4. The summed E-state index contributed by atoms with van der Waals surface area (Å²) >= 11 is 5.85. The number of carbonyl (C=O) groups is 1. The lowest BCUT2D eigenvalue weighted by molar-refractivity contribution is -0.186. The van der Waals surface area contributed by atoms with E-state index in [0.29, 0.717) is 23.6 Å². The predicted molar refractivity (Wildman–Crippen MR) is 146 cm³/mol. The molecular formula is C29H24ClF5N4O5. The molecule has 15 heteroatoms. The third-order valence-electron chi connectivity index (χ3n) is 7.89. The summed E-state index contributed by atoms with van der Waals surface area (Å²) in [7, 11) is 1.29. The van der Waals surface area contributed by atoms with Crippen LogP contribution in [0.3, 0.4) is 0 Å². The molecule has 3 N–H and O–H groups in total. The number of amides is 1. The lowest BCUT2D eigenvalue weighted by atomic mass is 9.85. The third kappa shape index (κ3) is 5.15. The molecule has 2 aliphatic rings. The number of alkyl halides is 2. The fourth-order valence-corrected chi connectivity index (χ4v) is 5.42. The van der Waals surface area contributed by atoms with Crippen LogP contribution in [0.4, 0.5) is 22.0 Å². The largest absolute Gasteiger partial charge is 0.494 e. The second-order valence-electron chi connectivity index (χ2n) is 10.9. The van der Waals surface area contributed by atoms with Crippen LogP contribution in [0.1, 0.15) is 41.0 Å². The summed E-state index contributed by atoms with van der Waals surface area (Å²) in [6.07, 6.45) is 2.07. The molecule has 2 aromatic carbocycles. The van der Waals surface area contributed by atoms with Gasteiger partial charge in [0.05, 0.1) is 37.6 Å².